The van der Waals surface area contributed by atoms with Gasteiger partial charge in [0.05, 0.1) is 11.3 Å². The number of aromatic carboxylic acids is 1. The Morgan fingerprint density at radius 1 is 1.33 bits per heavy atom. The number of nitrogens with two attached hydrogens (primary N) is 2. The smallest absolute Gasteiger partial charge is 0.337 e. The molecule has 0 radical (unpaired) electrons. The van der Waals surface area contributed by atoms with E-state index in [2.05, 4.69) is 10.6 Å². The third kappa shape index (κ3) is 3.51. The van der Waals surface area contributed by atoms with Crippen molar-refractivity contribution in [3.63, 3.8) is 0 Å². The molecule has 18 heavy (non-hydrogen) atoms. The maximum atomic E-state index is 13.4. The van der Waals surface area contributed by atoms with Crippen LogP contribution >= 0.6 is 0 Å². The van der Waals surface area contributed by atoms with Gasteiger partial charge in [-0.3, -0.25) is 0 Å². The molecule has 0 atom stereocenters. The number of hydrogen-bond acceptors (Lipinski definition) is 4. The minimum absolute atomic E-state index is 0.00660. The van der Waals surface area contributed by atoms with Crippen LogP contribution in [-0.2, 0) is 0 Å². The molecule has 8 heteroatoms. The third-order valence-electron chi connectivity index (χ3n) is 2.11. The highest BCUT2D eigenvalue weighted by Crippen LogP contribution is 2.21. The number of anilines is 2. The monoisotopic (exact) mass is 256 g/mol. The molecule has 1 rings (SSSR count). The standard InChI is InChI=1S/C10H13FN4O3/c11-6-4-7(12)5(9(16)17)3-8(6)14-1-2-15-10(13)18/h3-4,14H,1-2,12H2,(H,16,17)(H3,13,15,18). The fraction of sp³-hybridized carbons (Fsp3) is 0.200. The van der Waals surface area contributed by atoms with Crippen LogP contribution in [0.5, 0.6) is 0 Å². The molecule has 0 heterocycles. The molecule has 0 saturated heterocycles. The number of nitrogens with one attached hydrogen (secondary N) is 2. The summed E-state index contributed by atoms with van der Waals surface area (Å²) in [4.78, 5) is 21.2. The minimum atomic E-state index is -1.24. The van der Waals surface area contributed by atoms with E-state index in [1.165, 1.54) is 0 Å². The van der Waals surface area contributed by atoms with Gasteiger partial charge in [-0.2, -0.15) is 0 Å². The lowest BCUT2D eigenvalue weighted by molar-refractivity contribution is 0.0698. The van der Waals surface area contributed by atoms with E-state index in [-0.39, 0.29) is 30.0 Å². The minimum Gasteiger partial charge on any atom is -0.478 e. The van der Waals surface area contributed by atoms with Gasteiger partial charge in [-0.05, 0) is 12.1 Å². The van der Waals surface area contributed by atoms with Crippen molar-refractivity contribution >= 4 is 23.4 Å². The lowest BCUT2D eigenvalue weighted by Gasteiger charge is -2.10. The van der Waals surface area contributed by atoms with Crippen molar-refractivity contribution in [2.24, 2.45) is 5.73 Å². The van der Waals surface area contributed by atoms with Gasteiger partial charge in [-0.1, -0.05) is 0 Å². The molecule has 1 aromatic rings. The summed E-state index contributed by atoms with van der Waals surface area (Å²) < 4.78 is 13.4. The zero-order chi connectivity index (χ0) is 13.7. The number of primary amides is 1. The summed E-state index contributed by atoms with van der Waals surface area (Å²) in [5, 5.41) is 13.7. The molecule has 0 aromatic heterocycles. The summed E-state index contributed by atoms with van der Waals surface area (Å²) in [5.74, 6) is -1.91. The van der Waals surface area contributed by atoms with E-state index in [0.717, 1.165) is 12.1 Å². The Morgan fingerprint density at radius 2 is 2.00 bits per heavy atom. The zero-order valence-electron chi connectivity index (χ0n) is 9.37. The van der Waals surface area contributed by atoms with Crippen molar-refractivity contribution in [3.8, 4) is 0 Å². The number of urea groups is 1. The number of amides is 2. The van der Waals surface area contributed by atoms with Gasteiger partial charge in [-0.25, -0.2) is 14.0 Å². The van der Waals surface area contributed by atoms with Gasteiger partial charge in [-0.15, -0.1) is 0 Å². The van der Waals surface area contributed by atoms with Gasteiger partial charge in [0.2, 0.25) is 0 Å². The predicted molar refractivity (Wildman–Crippen MR) is 63.8 cm³/mol. The Hall–Kier alpha value is -2.51. The molecule has 98 valence electrons. The molecule has 0 aliphatic carbocycles. The molecule has 0 aliphatic rings. The van der Waals surface area contributed by atoms with Crippen molar-refractivity contribution in [2.45, 2.75) is 0 Å². The first-order chi connectivity index (χ1) is 8.41. The normalized spacial score (nSPS) is 9.83. The molecule has 0 spiro atoms. The van der Waals surface area contributed by atoms with Gasteiger partial charge in [0.1, 0.15) is 5.82 Å². The topological polar surface area (TPSA) is 130 Å². The summed E-state index contributed by atoms with van der Waals surface area (Å²) in [7, 11) is 0. The van der Waals surface area contributed by atoms with Gasteiger partial charge >= 0.3 is 12.0 Å². The van der Waals surface area contributed by atoms with Crippen molar-refractivity contribution in [1.29, 1.82) is 0 Å². The number of carbonyl (C=O) groups is 2. The molecule has 0 bridgehead atoms. The molecule has 7 nitrogen and oxygen atoms in total. The molecular formula is C10H13FN4O3. The second kappa shape index (κ2) is 5.71. The van der Waals surface area contributed by atoms with E-state index in [1.807, 2.05) is 0 Å². The second-order valence-corrected chi connectivity index (χ2v) is 3.44. The van der Waals surface area contributed by atoms with Crippen LogP contribution in [0, 0.1) is 5.82 Å². The summed E-state index contributed by atoms with van der Waals surface area (Å²) in [5.41, 5.74) is 9.85. The Kier molecular flexibility index (Phi) is 4.30. The highest BCUT2D eigenvalue weighted by molar-refractivity contribution is 5.94. The summed E-state index contributed by atoms with van der Waals surface area (Å²) >= 11 is 0. The van der Waals surface area contributed by atoms with E-state index in [9.17, 15) is 14.0 Å². The predicted octanol–water partition coefficient (Wildman–Crippen LogP) is 0.186. The van der Waals surface area contributed by atoms with Gasteiger partial charge in [0, 0.05) is 18.8 Å². The van der Waals surface area contributed by atoms with Crippen LogP contribution in [0.1, 0.15) is 10.4 Å². The molecular weight excluding hydrogens is 243 g/mol. The average molecular weight is 256 g/mol. The summed E-state index contributed by atoms with van der Waals surface area (Å²) in [6.45, 7) is 0.379. The van der Waals surface area contributed by atoms with Crippen LogP contribution in [0.2, 0.25) is 0 Å². The highest BCUT2D eigenvalue weighted by atomic mass is 19.1. The summed E-state index contributed by atoms with van der Waals surface area (Å²) in [6, 6.07) is 1.32. The first-order valence-corrected chi connectivity index (χ1v) is 5.01. The SMILES string of the molecule is NC(=O)NCCNc1cc(C(=O)O)c(N)cc1F. The average Bonchev–Trinajstić information content (AvgIpc) is 2.25. The van der Waals surface area contributed by atoms with E-state index in [1.54, 1.807) is 0 Å². The van der Waals surface area contributed by atoms with Crippen LogP contribution in [0.25, 0.3) is 0 Å². The quantitative estimate of drug-likeness (QED) is 0.379. The number of halogens is 1. The molecule has 1 aromatic carbocycles. The van der Waals surface area contributed by atoms with Crippen LogP contribution in [0.4, 0.5) is 20.6 Å². The number of benzene rings is 1. The maximum absolute atomic E-state index is 13.4. The summed E-state index contributed by atoms with van der Waals surface area (Å²) in [6.07, 6.45) is 0. The van der Waals surface area contributed by atoms with Crippen LogP contribution < -0.4 is 22.1 Å². The lowest BCUT2D eigenvalue weighted by atomic mass is 10.1. The van der Waals surface area contributed by atoms with Gasteiger partial charge in [0.25, 0.3) is 0 Å². The maximum Gasteiger partial charge on any atom is 0.337 e. The molecule has 7 N–H and O–H groups in total. The van der Waals surface area contributed by atoms with Crippen LogP contribution in [0.15, 0.2) is 12.1 Å². The van der Waals surface area contributed by atoms with E-state index in [4.69, 9.17) is 16.6 Å². The molecule has 0 unspecified atom stereocenters. The number of hydrogen-bond donors (Lipinski definition) is 5. The van der Waals surface area contributed by atoms with E-state index in [0.29, 0.717) is 0 Å². The number of carboxylic acids is 1. The van der Waals surface area contributed by atoms with Crippen molar-refractivity contribution in [1.82, 2.24) is 5.32 Å². The number of carboxylic acid groups (broad SMARTS) is 1. The van der Waals surface area contributed by atoms with Gasteiger partial charge < -0.3 is 27.2 Å². The Balaban J connectivity index is 2.73. The fourth-order valence-corrected chi connectivity index (χ4v) is 1.29. The first-order valence-electron chi connectivity index (χ1n) is 5.01. The van der Waals surface area contributed by atoms with Crippen molar-refractivity contribution in [2.75, 3.05) is 24.1 Å². The first kappa shape index (κ1) is 13.6. The number of rotatable bonds is 5. The Bertz CT molecular complexity index is 478. The fourth-order valence-electron chi connectivity index (χ4n) is 1.29. The Morgan fingerprint density at radius 3 is 2.56 bits per heavy atom. The highest BCUT2D eigenvalue weighted by Gasteiger charge is 2.12. The number of nitrogen functional groups attached to an aromatic ring is 1. The molecule has 0 aliphatic heterocycles. The lowest BCUT2D eigenvalue weighted by Crippen LogP contribution is -2.33. The second-order valence-electron chi connectivity index (χ2n) is 3.44. The largest absolute Gasteiger partial charge is 0.478 e. The van der Waals surface area contributed by atoms with Gasteiger partial charge in [0.15, 0.2) is 0 Å². The van der Waals surface area contributed by atoms with E-state index < -0.39 is 17.8 Å². The number of carbonyl (C=O) groups excluding carboxylic acids is 1. The molecule has 0 fully saturated rings. The van der Waals surface area contributed by atoms with E-state index >= 15 is 0 Å². The zero-order valence-corrected chi connectivity index (χ0v) is 9.37. The molecule has 0 saturated carbocycles. The molecule has 2 amide bonds. The third-order valence-corrected chi connectivity index (χ3v) is 2.11. The van der Waals surface area contributed by atoms with Crippen LogP contribution in [-0.4, -0.2) is 30.2 Å². The van der Waals surface area contributed by atoms with Crippen molar-refractivity contribution in [3.05, 3.63) is 23.5 Å². The Labute approximate surface area is 102 Å². The van der Waals surface area contributed by atoms with Crippen LogP contribution in [0.3, 0.4) is 0 Å². The van der Waals surface area contributed by atoms with Crippen molar-refractivity contribution < 1.29 is 19.1 Å².